The first kappa shape index (κ1) is 18.2. The number of carbonyl (C=O) groups is 2. The van der Waals surface area contributed by atoms with E-state index in [9.17, 15) is 9.59 Å². The van der Waals surface area contributed by atoms with Crippen LogP contribution in [0.2, 0.25) is 0 Å². The van der Waals surface area contributed by atoms with Crippen LogP contribution in [-0.4, -0.2) is 51.1 Å². The van der Waals surface area contributed by atoms with E-state index in [0.29, 0.717) is 24.3 Å². The van der Waals surface area contributed by atoms with E-state index in [-0.39, 0.29) is 17.9 Å². The highest BCUT2D eigenvalue weighted by Gasteiger charge is 2.34. The number of aromatic nitrogens is 2. The smallest absolute Gasteiger partial charge is 0.274 e. The highest BCUT2D eigenvalue weighted by molar-refractivity contribution is 5.99. The molecule has 0 N–H and O–H groups in total. The van der Waals surface area contributed by atoms with E-state index >= 15 is 0 Å². The number of hydrogen-bond donors (Lipinski definition) is 0. The fraction of sp³-hybridized carbons (Fsp3) is 0.318. The van der Waals surface area contributed by atoms with Crippen LogP contribution in [-0.2, 0) is 0 Å². The molecule has 0 spiro atoms. The van der Waals surface area contributed by atoms with E-state index in [2.05, 4.69) is 0 Å². The number of pyridine rings is 1. The van der Waals surface area contributed by atoms with Gasteiger partial charge in [0.1, 0.15) is 5.82 Å². The molecular formula is C22H24N4O2. The molecule has 1 atom stereocenters. The molecular weight excluding hydrogens is 352 g/mol. The summed E-state index contributed by atoms with van der Waals surface area (Å²) >= 11 is 0. The van der Waals surface area contributed by atoms with Gasteiger partial charge in [0.15, 0.2) is 5.69 Å². The highest BCUT2D eigenvalue weighted by atomic mass is 16.2. The maximum Gasteiger partial charge on any atom is 0.274 e. The van der Waals surface area contributed by atoms with E-state index in [0.717, 1.165) is 24.2 Å². The van der Waals surface area contributed by atoms with Gasteiger partial charge >= 0.3 is 0 Å². The number of carbonyl (C=O) groups excluding carboxylic acids is 2. The third-order valence-corrected chi connectivity index (χ3v) is 5.43. The van der Waals surface area contributed by atoms with Crippen LogP contribution in [0.3, 0.4) is 0 Å². The molecule has 144 valence electrons. The van der Waals surface area contributed by atoms with Gasteiger partial charge in [-0.2, -0.15) is 0 Å². The van der Waals surface area contributed by atoms with Crippen molar-refractivity contribution in [2.75, 3.05) is 20.1 Å². The molecule has 3 aromatic rings. The minimum absolute atomic E-state index is 0.00864. The number of rotatable bonds is 4. The lowest BCUT2D eigenvalue weighted by Gasteiger charge is -2.24. The summed E-state index contributed by atoms with van der Waals surface area (Å²) in [4.78, 5) is 34.2. The van der Waals surface area contributed by atoms with Crippen LogP contribution in [0.5, 0.6) is 0 Å². The van der Waals surface area contributed by atoms with Gasteiger partial charge in [0, 0.05) is 31.9 Å². The maximum absolute atomic E-state index is 13.1. The number of amides is 2. The number of likely N-dealkylation sites (tertiary alicyclic amines) is 1. The Bertz CT molecular complexity index is 1010. The van der Waals surface area contributed by atoms with Gasteiger partial charge in [0.25, 0.3) is 11.8 Å². The molecule has 6 nitrogen and oxygen atoms in total. The van der Waals surface area contributed by atoms with Crippen LogP contribution in [0.1, 0.15) is 52.5 Å². The molecule has 1 aliphatic heterocycles. The third kappa shape index (κ3) is 3.05. The highest BCUT2D eigenvalue weighted by Crippen LogP contribution is 2.34. The molecule has 0 radical (unpaired) electrons. The minimum Gasteiger partial charge on any atom is -0.341 e. The predicted molar refractivity (Wildman–Crippen MR) is 107 cm³/mol. The second-order valence-electron chi connectivity index (χ2n) is 7.12. The SMILES string of the molecule is CCN(C)C(=O)c1nc([C@@H]2CCCN2C(=O)c2ccccc2)n2ccccc12. The standard InChI is InChI=1S/C22H24N4O2/c1-3-24(2)22(28)19-17-12-7-8-14-25(17)20(23-19)18-13-9-15-26(18)21(27)16-10-5-4-6-11-16/h4-8,10-12,14,18H,3,9,13,15H2,1-2H3/t18-/m0/s1. The van der Waals surface area contributed by atoms with Crippen LogP contribution >= 0.6 is 0 Å². The second kappa shape index (κ2) is 7.46. The minimum atomic E-state index is -0.143. The zero-order valence-electron chi connectivity index (χ0n) is 16.2. The molecule has 4 rings (SSSR count). The first-order chi connectivity index (χ1) is 13.6. The first-order valence-corrected chi connectivity index (χ1v) is 9.70. The summed E-state index contributed by atoms with van der Waals surface area (Å²) in [7, 11) is 1.77. The monoisotopic (exact) mass is 376 g/mol. The molecule has 6 heteroatoms. The van der Waals surface area contributed by atoms with Crippen molar-refractivity contribution in [1.29, 1.82) is 0 Å². The number of hydrogen-bond acceptors (Lipinski definition) is 3. The maximum atomic E-state index is 13.1. The summed E-state index contributed by atoms with van der Waals surface area (Å²) in [6.45, 7) is 3.24. The Hall–Kier alpha value is -3.15. The van der Waals surface area contributed by atoms with Crippen LogP contribution in [0.25, 0.3) is 5.52 Å². The molecule has 1 aromatic carbocycles. The van der Waals surface area contributed by atoms with Crippen molar-refractivity contribution in [2.24, 2.45) is 0 Å². The van der Waals surface area contributed by atoms with Gasteiger partial charge in [-0.1, -0.05) is 24.3 Å². The van der Waals surface area contributed by atoms with E-state index in [1.807, 2.05) is 71.0 Å². The van der Waals surface area contributed by atoms with E-state index in [4.69, 9.17) is 4.98 Å². The van der Waals surface area contributed by atoms with Gasteiger partial charge in [-0.05, 0) is 44.0 Å². The van der Waals surface area contributed by atoms with Crippen LogP contribution in [0.4, 0.5) is 0 Å². The number of nitrogens with zero attached hydrogens (tertiary/aromatic N) is 4. The predicted octanol–water partition coefficient (Wildman–Crippen LogP) is 3.40. The average molecular weight is 376 g/mol. The lowest BCUT2D eigenvalue weighted by atomic mass is 10.1. The first-order valence-electron chi connectivity index (χ1n) is 9.70. The van der Waals surface area contributed by atoms with Crippen molar-refractivity contribution in [2.45, 2.75) is 25.8 Å². The van der Waals surface area contributed by atoms with E-state index < -0.39 is 0 Å². The Labute approximate surface area is 164 Å². The topological polar surface area (TPSA) is 57.9 Å². The molecule has 2 amide bonds. The van der Waals surface area contributed by atoms with Crippen molar-refractivity contribution in [1.82, 2.24) is 19.2 Å². The van der Waals surface area contributed by atoms with Crippen LogP contribution in [0, 0.1) is 0 Å². The van der Waals surface area contributed by atoms with Crippen LogP contribution < -0.4 is 0 Å². The van der Waals surface area contributed by atoms with Gasteiger partial charge < -0.3 is 14.2 Å². The van der Waals surface area contributed by atoms with Gasteiger partial charge in [-0.25, -0.2) is 4.98 Å². The molecule has 0 saturated carbocycles. The van der Waals surface area contributed by atoms with Gasteiger partial charge in [-0.15, -0.1) is 0 Å². The molecule has 1 fully saturated rings. The van der Waals surface area contributed by atoms with Crippen molar-refractivity contribution in [3.63, 3.8) is 0 Å². The van der Waals surface area contributed by atoms with Crippen LogP contribution in [0.15, 0.2) is 54.7 Å². The molecule has 0 bridgehead atoms. The van der Waals surface area contributed by atoms with E-state index in [1.54, 1.807) is 11.9 Å². The summed E-state index contributed by atoms with van der Waals surface area (Å²) < 4.78 is 1.96. The van der Waals surface area contributed by atoms with Crippen molar-refractivity contribution in [3.8, 4) is 0 Å². The molecule has 1 saturated heterocycles. The molecule has 28 heavy (non-hydrogen) atoms. The zero-order valence-corrected chi connectivity index (χ0v) is 16.2. The lowest BCUT2D eigenvalue weighted by Crippen LogP contribution is -2.31. The fourth-order valence-corrected chi connectivity index (χ4v) is 3.80. The molecule has 3 heterocycles. The Kier molecular flexibility index (Phi) is 4.86. The molecule has 1 aliphatic rings. The molecule has 0 aliphatic carbocycles. The Balaban J connectivity index is 1.76. The summed E-state index contributed by atoms with van der Waals surface area (Å²) in [6, 6.07) is 14.9. The van der Waals surface area contributed by atoms with Gasteiger partial charge in [0.05, 0.1) is 11.6 Å². The van der Waals surface area contributed by atoms with Crippen molar-refractivity contribution in [3.05, 3.63) is 71.8 Å². The Morgan fingerprint density at radius 1 is 1.14 bits per heavy atom. The van der Waals surface area contributed by atoms with Gasteiger partial charge in [-0.3, -0.25) is 9.59 Å². The van der Waals surface area contributed by atoms with Crippen molar-refractivity contribution < 1.29 is 9.59 Å². The summed E-state index contributed by atoms with van der Waals surface area (Å²) in [5.41, 5.74) is 1.90. The normalized spacial score (nSPS) is 16.5. The molecule has 0 unspecified atom stereocenters. The van der Waals surface area contributed by atoms with Gasteiger partial charge in [0.2, 0.25) is 0 Å². The zero-order chi connectivity index (χ0) is 19.7. The second-order valence-corrected chi connectivity index (χ2v) is 7.12. The average Bonchev–Trinajstić information content (AvgIpc) is 3.37. The third-order valence-electron chi connectivity index (χ3n) is 5.43. The number of fused-ring (bicyclic) bond motifs is 1. The summed E-state index contributed by atoms with van der Waals surface area (Å²) in [5, 5.41) is 0. The number of benzene rings is 1. The Morgan fingerprint density at radius 3 is 2.64 bits per heavy atom. The summed E-state index contributed by atoms with van der Waals surface area (Å²) in [6.07, 6.45) is 3.68. The summed E-state index contributed by atoms with van der Waals surface area (Å²) in [5.74, 6) is 0.663. The lowest BCUT2D eigenvalue weighted by molar-refractivity contribution is 0.0729. The quantitative estimate of drug-likeness (QED) is 0.701. The molecule has 2 aromatic heterocycles. The van der Waals surface area contributed by atoms with Crippen molar-refractivity contribution >= 4 is 17.3 Å². The number of imidazole rings is 1. The largest absolute Gasteiger partial charge is 0.341 e. The fourth-order valence-electron chi connectivity index (χ4n) is 3.80. The van der Waals surface area contributed by atoms with E-state index in [1.165, 1.54) is 0 Å². The Morgan fingerprint density at radius 2 is 1.89 bits per heavy atom.